The fourth-order valence-electron chi connectivity index (χ4n) is 1.99. The molecular formula is C13H10O2S2Se2. The van der Waals surface area contributed by atoms with E-state index in [1.165, 1.54) is 14.0 Å². The Morgan fingerprint density at radius 1 is 1.00 bits per heavy atom. The van der Waals surface area contributed by atoms with E-state index < -0.39 is 0 Å². The van der Waals surface area contributed by atoms with Crippen molar-refractivity contribution < 1.29 is 9.47 Å². The van der Waals surface area contributed by atoms with Crippen molar-refractivity contribution in [2.45, 2.75) is 16.1 Å². The van der Waals surface area contributed by atoms with Crippen LogP contribution in [0.25, 0.3) is 0 Å². The zero-order valence-electron chi connectivity index (χ0n) is 9.83. The van der Waals surface area contributed by atoms with Gasteiger partial charge in [-0.2, -0.15) is 0 Å². The topological polar surface area (TPSA) is 18.5 Å². The summed E-state index contributed by atoms with van der Waals surface area (Å²) in [6, 6.07) is 6.58. The second kappa shape index (κ2) is 5.63. The van der Waals surface area contributed by atoms with Crippen LogP contribution >= 0.6 is 23.5 Å². The van der Waals surface area contributed by atoms with E-state index >= 15 is 0 Å². The van der Waals surface area contributed by atoms with E-state index in [2.05, 4.69) is 28.1 Å². The average Bonchev–Trinajstić information content (AvgIpc) is 3.18. The summed E-state index contributed by atoms with van der Waals surface area (Å²) in [4.78, 5) is 7.45. The molecule has 0 spiro atoms. The van der Waals surface area contributed by atoms with Crippen LogP contribution in [0, 0.1) is 0 Å². The molecule has 1 fully saturated rings. The van der Waals surface area contributed by atoms with Gasteiger partial charge in [-0.3, -0.25) is 0 Å². The Morgan fingerprint density at radius 3 is 2.53 bits per heavy atom. The van der Waals surface area contributed by atoms with Crippen LogP contribution in [0.4, 0.5) is 0 Å². The summed E-state index contributed by atoms with van der Waals surface area (Å²) in [5, 5.41) is 0. The molecule has 0 amide bonds. The molecule has 3 aliphatic rings. The summed E-state index contributed by atoms with van der Waals surface area (Å²) in [7, 11) is 0. The maximum absolute atomic E-state index is 5.57. The second-order valence-electron chi connectivity index (χ2n) is 4.07. The number of ether oxygens (including phenoxy) is 2. The molecule has 3 heterocycles. The van der Waals surface area contributed by atoms with Crippen LogP contribution in [0.3, 0.4) is 0 Å². The first-order valence-electron chi connectivity index (χ1n) is 5.85. The van der Waals surface area contributed by atoms with Crippen molar-refractivity contribution in [3.63, 3.8) is 0 Å². The Bertz CT molecular complexity index is 570. The van der Waals surface area contributed by atoms with Crippen LogP contribution in [0.15, 0.2) is 45.5 Å². The van der Waals surface area contributed by atoms with Crippen LogP contribution in [0.2, 0.25) is 0 Å². The Hall–Kier alpha value is 0.359. The molecule has 0 aromatic heterocycles. The van der Waals surface area contributed by atoms with E-state index in [9.17, 15) is 0 Å². The van der Waals surface area contributed by atoms with Gasteiger partial charge in [-0.25, -0.2) is 0 Å². The molecule has 1 aromatic carbocycles. The third kappa shape index (κ3) is 2.61. The summed E-state index contributed by atoms with van der Waals surface area (Å²) >= 11 is 5.06. The molecule has 1 saturated heterocycles. The maximum atomic E-state index is 5.57. The Morgan fingerprint density at radius 2 is 1.74 bits per heavy atom. The molecule has 0 atom stereocenters. The number of hydrogen-bond acceptors (Lipinski definition) is 4. The van der Waals surface area contributed by atoms with Gasteiger partial charge in [0.05, 0.1) is 0 Å². The third-order valence-electron chi connectivity index (χ3n) is 2.84. The molecule has 2 nitrogen and oxygen atoms in total. The minimum absolute atomic E-state index is 0.158. The quantitative estimate of drug-likeness (QED) is 0.651. The zero-order valence-corrected chi connectivity index (χ0v) is 14.9. The van der Waals surface area contributed by atoms with Gasteiger partial charge in [-0.1, -0.05) is 0 Å². The van der Waals surface area contributed by atoms with Gasteiger partial charge in [-0.05, 0) is 0 Å². The van der Waals surface area contributed by atoms with E-state index in [4.69, 9.17) is 9.47 Å². The van der Waals surface area contributed by atoms with Crippen molar-refractivity contribution in [1.82, 2.24) is 0 Å². The predicted octanol–water partition coefficient (Wildman–Crippen LogP) is 2.95. The number of rotatable bonds is 1. The first kappa shape index (κ1) is 13.1. The molecule has 0 radical (unpaired) electrons. The molecule has 6 heteroatoms. The Balaban J connectivity index is 1.61. The molecule has 98 valence electrons. The SMILES string of the molecule is C1=C[Se]C(=C2Sc3ccc(C4OCCO4)cc3S2)[Se]1. The molecule has 19 heavy (non-hydrogen) atoms. The minimum atomic E-state index is -0.158. The Kier molecular flexibility index (Phi) is 3.86. The molecule has 0 unspecified atom stereocenters. The zero-order chi connectivity index (χ0) is 12.7. The molecule has 3 aliphatic heterocycles. The van der Waals surface area contributed by atoms with Crippen molar-refractivity contribution in [2.24, 2.45) is 0 Å². The summed E-state index contributed by atoms with van der Waals surface area (Å²) < 4.78 is 14.3. The summed E-state index contributed by atoms with van der Waals surface area (Å²) in [6.45, 7) is 1.41. The molecule has 4 rings (SSSR count). The number of benzene rings is 1. The average molecular weight is 420 g/mol. The van der Waals surface area contributed by atoms with Gasteiger partial charge in [0.2, 0.25) is 0 Å². The van der Waals surface area contributed by atoms with Gasteiger partial charge in [0, 0.05) is 0 Å². The number of fused-ring (bicyclic) bond motifs is 1. The molecule has 0 N–H and O–H groups in total. The number of hydrogen-bond donors (Lipinski definition) is 0. The predicted molar refractivity (Wildman–Crippen MR) is 80.5 cm³/mol. The van der Waals surface area contributed by atoms with Crippen molar-refractivity contribution in [1.29, 1.82) is 0 Å². The third-order valence-corrected chi connectivity index (χ3v) is 12.4. The van der Waals surface area contributed by atoms with E-state index in [0.717, 1.165) is 5.56 Å². The fourth-order valence-corrected chi connectivity index (χ4v) is 10.5. The normalized spacial score (nSPS) is 22.5. The van der Waals surface area contributed by atoms with Crippen molar-refractivity contribution in [3.8, 4) is 0 Å². The van der Waals surface area contributed by atoms with E-state index in [1.807, 2.05) is 23.5 Å². The second-order valence-corrected chi connectivity index (χ2v) is 11.6. The van der Waals surface area contributed by atoms with Gasteiger partial charge >= 0.3 is 134 Å². The van der Waals surface area contributed by atoms with E-state index in [1.54, 1.807) is 3.37 Å². The van der Waals surface area contributed by atoms with Crippen LogP contribution < -0.4 is 0 Å². The first-order chi connectivity index (χ1) is 9.40. The molecule has 0 bridgehead atoms. The van der Waals surface area contributed by atoms with Gasteiger partial charge in [-0.15, -0.1) is 0 Å². The van der Waals surface area contributed by atoms with Crippen LogP contribution in [-0.4, -0.2) is 43.1 Å². The van der Waals surface area contributed by atoms with Crippen LogP contribution in [0.5, 0.6) is 0 Å². The monoisotopic (exact) mass is 422 g/mol. The molecule has 0 saturated carbocycles. The van der Waals surface area contributed by atoms with Crippen molar-refractivity contribution in [2.75, 3.05) is 13.2 Å². The molecule has 1 aromatic rings. The van der Waals surface area contributed by atoms with Crippen LogP contribution in [0.1, 0.15) is 11.9 Å². The van der Waals surface area contributed by atoms with Crippen LogP contribution in [-0.2, 0) is 9.47 Å². The van der Waals surface area contributed by atoms with Gasteiger partial charge in [0.25, 0.3) is 0 Å². The number of thioether (sulfide) groups is 2. The Labute approximate surface area is 133 Å². The summed E-state index contributed by atoms with van der Waals surface area (Å²) in [6.07, 6.45) is -0.158. The summed E-state index contributed by atoms with van der Waals surface area (Å²) in [5.41, 5.74) is 1.15. The molecule has 0 aliphatic carbocycles. The van der Waals surface area contributed by atoms with Crippen molar-refractivity contribution in [3.05, 3.63) is 41.3 Å². The first-order valence-corrected chi connectivity index (χ1v) is 11.2. The standard InChI is InChI=1S/C13H10O2S2Se2/c1-2-9-10(7-8(1)11-14-3-4-15-11)17-12(16-9)13-18-5-6-19-13/h1-2,5-7,11H,3-4H2. The molecular weight excluding hydrogens is 410 g/mol. The van der Waals surface area contributed by atoms with E-state index in [-0.39, 0.29) is 6.29 Å². The van der Waals surface area contributed by atoms with Gasteiger partial charge in [0.1, 0.15) is 0 Å². The van der Waals surface area contributed by atoms with Gasteiger partial charge in [0.15, 0.2) is 0 Å². The van der Waals surface area contributed by atoms with Crippen molar-refractivity contribution >= 4 is 53.4 Å². The van der Waals surface area contributed by atoms with Gasteiger partial charge < -0.3 is 0 Å². The van der Waals surface area contributed by atoms with E-state index in [0.29, 0.717) is 43.1 Å². The summed E-state index contributed by atoms with van der Waals surface area (Å²) in [5.74, 6) is 0. The fraction of sp³-hybridized carbons (Fsp3) is 0.231.